The molecule has 4 heterocycles. The second-order valence-electron chi connectivity index (χ2n) is 11.3. The number of anilines is 2. The van der Waals surface area contributed by atoms with Gasteiger partial charge in [-0.2, -0.15) is 13.2 Å². The summed E-state index contributed by atoms with van der Waals surface area (Å²) in [6.45, 7) is 3.43. The minimum absolute atomic E-state index is 0.185. The van der Waals surface area contributed by atoms with E-state index in [-0.39, 0.29) is 13.5 Å². The van der Waals surface area contributed by atoms with E-state index in [0.29, 0.717) is 30.2 Å². The van der Waals surface area contributed by atoms with Crippen molar-refractivity contribution in [2.45, 2.75) is 26.2 Å². The molecule has 11 heteroatoms. The molecule has 0 unspecified atom stereocenters. The van der Waals surface area contributed by atoms with Crippen molar-refractivity contribution in [1.82, 2.24) is 9.97 Å². The van der Waals surface area contributed by atoms with Gasteiger partial charge in [0.1, 0.15) is 11.0 Å². The van der Waals surface area contributed by atoms with E-state index < -0.39 is 23.4 Å². The first-order chi connectivity index (χ1) is 22.6. The van der Waals surface area contributed by atoms with Gasteiger partial charge in [-0.15, -0.1) is 0 Å². The van der Waals surface area contributed by atoms with Crippen molar-refractivity contribution in [3.8, 4) is 11.5 Å². The fourth-order valence-corrected chi connectivity index (χ4v) is 5.71. The first-order valence-corrected chi connectivity index (χ1v) is 14.8. The maximum Gasteiger partial charge on any atom is 0.416 e. The summed E-state index contributed by atoms with van der Waals surface area (Å²) >= 11 is 0. The van der Waals surface area contributed by atoms with Gasteiger partial charge in [0.15, 0.2) is 36.6 Å². The molecule has 2 aliphatic heterocycles. The van der Waals surface area contributed by atoms with Crippen LogP contribution in [0.3, 0.4) is 0 Å². The molecule has 2 aromatic heterocycles. The minimum atomic E-state index is -4.36. The normalized spacial score (nSPS) is 14.1. The Labute approximate surface area is 266 Å². The minimum Gasteiger partial charge on any atom is -0.470 e. The van der Waals surface area contributed by atoms with Crippen LogP contribution in [-0.2, 0) is 19.3 Å². The van der Waals surface area contributed by atoms with E-state index in [2.05, 4.69) is 9.97 Å². The average molecular weight is 643 g/mol. The topological polar surface area (TPSA) is 50.7 Å². The Morgan fingerprint density at radius 3 is 1.98 bits per heavy atom. The Hall–Kier alpha value is -5.45. The van der Waals surface area contributed by atoms with Crippen LogP contribution in [0.4, 0.5) is 33.3 Å². The summed E-state index contributed by atoms with van der Waals surface area (Å²) < 4.78 is 76.9. The van der Waals surface area contributed by atoms with Crippen LogP contribution in [-0.4, -0.2) is 23.4 Å². The summed E-state index contributed by atoms with van der Waals surface area (Å²) in [6.07, 6.45) is -2.66. The van der Waals surface area contributed by atoms with Crippen LogP contribution in [0.5, 0.6) is 11.5 Å². The third kappa shape index (κ3) is 6.08. The maximum atomic E-state index is 13.4. The van der Waals surface area contributed by atoms with Crippen LogP contribution in [0.1, 0.15) is 22.4 Å². The second-order valence-corrected chi connectivity index (χ2v) is 11.3. The number of aryl methyl sites for hydroxylation is 1. The lowest BCUT2D eigenvalue weighted by molar-refractivity contribution is -0.137. The molecule has 238 valence electrons. The number of fused-ring (bicyclic) bond motifs is 6. The molecule has 0 aliphatic carbocycles. The zero-order chi connectivity index (χ0) is 32.7. The molecule has 6 aromatic rings. The Bertz CT molecular complexity index is 2120. The van der Waals surface area contributed by atoms with Gasteiger partial charge in [-0.25, -0.2) is 13.8 Å². The summed E-state index contributed by atoms with van der Waals surface area (Å²) in [6, 6.07) is 24.8. The number of ether oxygens (including phenoxy) is 2. The van der Waals surface area contributed by atoms with E-state index in [0.717, 1.165) is 62.6 Å². The summed E-state index contributed by atoms with van der Waals surface area (Å²) in [5, 5.41) is 2.00. The summed E-state index contributed by atoms with van der Waals surface area (Å²) in [5.41, 5.74) is 4.84. The van der Waals surface area contributed by atoms with Gasteiger partial charge < -0.3 is 19.3 Å². The van der Waals surface area contributed by atoms with Gasteiger partial charge in [-0.1, -0.05) is 42.5 Å². The van der Waals surface area contributed by atoms with Gasteiger partial charge in [0, 0.05) is 64.3 Å². The van der Waals surface area contributed by atoms with Gasteiger partial charge >= 0.3 is 6.18 Å². The summed E-state index contributed by atoms with van der Waals surface area (Å²) in [4.78, 5) is 12.5. The predicted molar refractivity (Wildman–Crippen MR) is 169 cm³/mol. The van der Waals surface area contributed by atoms with Gasteiger partial charge in [0.2, 0.25) is 0 Å². The van der Waals surface area contributed by atoms with Crippen LogP contribution in [0, 0.1) is 18.6 Å². The van der Waals surface area contributed by atoms with Crippen molar-refractivity contribution in [3.63, 3.8) is 0 Å². The first kappa shape index (κ1) is 30.2. The van der Waals surface area contributed by atoms with Crippen LogP contribution >= 0.6 is 0 Å². The Morgan fingerprint density at radius 1 is 0.660 bits per heavy atom. The molecule has 0 fully saturated rings. The quantitative estimate of drug-likeness (QED) is 0.176. The number of halogens is 5. The van der Waals surface area contributed by atoms with Crippen molar-refractivity contribution in [1.29, 1.82) is 0 Å². The lowest BCUT2D eigenvalue weighted by Crippen LogP contribution is -2.32. The van der Waals surface area contributed by atoms with Crippen LogP contribution in [0.2, 0.25) is 0 Å². The van der Waals surface area contributed by atoms with E-state index in [4.69, 9.17) is 9.47 Å². The third-order valence-electron chi connectivity index (χ3n) is 8.11. The van der Waals surface area contributed by atoms with Crippen molar-refractivity contribution in [2.24, 2.45) is 0 Å². The lowest BCUT2D eigenvalue weighted by Gasteiger charge is -2.31. The lowest BCUT2D eigenvalue weighted by atomic mass is 10.1. The van der Waals surface area contributed by atoms with Gasteiger partial charge in [-0.05, 0) is 49.4 Å². The van der Waals surface area contributed by atoms with Crippen LogP contribution in [0.15, 0.2) is 97.2 Å². The van der Waals surface area contributed by atoms with Crippen LogP contribution < -0.4 is 19.3 Å². The zero-order valence-corrected chi connectivity index (χ0v) is 25.1. The van der Waals surface area contributed by atoms with Gasteiger partial charge in [0.25, 0.3) is 0 Å². The van der Waals surface area contributed by atoms with Crippen molar-refractivity contribution in [2.75, 3.05) is 23.3 Å². The molecule has 0 saturated carbocycles. The smallest absolute Gasteiger partial charge is 0.416 e. The fraction of sp³-hybridized carbons (Fsp3) is 0.167. The number of hydrogen-bond donors (Lipinski definition) is 0. The number of pyridine rings is 2. The molecule has 2 aliphatic rings. The molecule has 0 spiro atoms. The molecule has 0 N–H and O–H groups in total. The third-order valence-corrected chi connectivity index (χ3v) is 8.11. The monoisotopic (exact) mass is 642 g/mol. The molecule has 0 amide bonds. The SMILES string of the molecule is Cc1ccc2ccc3c(c2n1)OCN(c1ccc(F)c(F)c1)C3.FC(F)(F)c1cccc(N2COc3c(ccc4cccnc34)C2)c1. The van der Waals surface area contributed by atoms with Gasteiger partial charge in [0.05, 0.1) is 5.56 Å². The Balaban J connectivity index is 0.000000150. The highest BCUT2D eigenvalue weighted by Gasteiger charge is 2.31. The van der Waals surface area contributed by atoms with E-state index in [1.807, 2.05) is 60.4 Å². The molecule has 47 heavy (non-hydrogen) atoms. The molecule has 0 saturated heterocycles. The van der Waals surface area contributed by atoms with Crippen molar-refractivity contribution in [3.05, 3.63) is 131 Å². The highest BCUT2D eigenvalue weighted by molar-refractivity contribution is 5.87. The largest absolute Gasteiger partial charge is 0.470 e. The number of nitrogens with zero attached hydrogens (tertiary/aromatic N) is 4. The Morgan fingerprint density at radius 2 is 1.30 bits per heavy atom. The highest BCUT2D eigenvalue weighted by atomic mass is 19.4. The molecule has 0 bridgehead atoms. The van der Waals surface area contributed by atoms with E-state index >= 15 is 0 Å². The standard InChI is InChI=1S/C18H13F3N2O.C18H14F2N2O/c19-18(20,21)14-4-1-5-15(9-14)23-10-13-7-6-12-3-2-8-22-16(12)17(13)24-11-23;1-11-2-3-12-4-5-13-9-22(10-23-18(13)17(12)21-11)14-6-7-15(19)16(20)8-14/h1-9H,10-11H2;2-8H,9-10H2,1H3. The first-order valence-electron chi connectivity index (χ1n) is 14.8. The average Bonchev–Trinajstić information content (AvgIpc) is 3.09. The zero-order valence-electron chi connectivity index (χ0n) is 25.1. The van der Waals surface area contributed by atoms with E-state index in [1.54, 1.807) is 23.2 Å². The number of aromatic nitrogens is 2. The molecular formula is C36H27F5N4O2. The molecule has 0 atom stereocenters. The fourth-order valence-electron chi connectivity index (χ4n) is 5.71. The predicted octanol–water partition coefficient (Wildman–Crippen LogP) is 8.79. The summed E-state index contributed by atoms with van der Waals surface area (Å²) in [5.74, 6) is -0.233. The molecular weight excluding hydrogens is 615 g/mol. The van der Waals surface area contributed by atoms with Crippen LogP contribution in [0.25, 0.3) is 21.8 Å². The molecule has 6 nitrogen and oxygen atoms in total. The number of benzene rings is 4. The van der Waals surface area contributed by atoms with Gasteiger partial charge in [-0.3, -0.25) is 4.98 Å². The van der Waals surface area contributed by atoms with E-state index in [9.17, 15) is 22.0 Å². The molecule has 0 radical (unpaired) electrons. The highest BCUT2D eigenvalue weighted by Crippen LogP contribution is 2.37. The number of rotatable bonds is 2. The van der Waals surface area contributed by atoms with Crippen molar-refractivity contribution < 1.29 is 31.4 Å². The molecule has 4 aromatic carbocycles. The maximum absolute atomic E-state index is 13.4. The number of hydrogen-bond acceptors (Lipinski definition) is 6. The number of alkyl halides is 3. The summed E-state index contributed by atoms with van der Waals surface area (Å²) in [7, 11) is 0. The van der Waals surface area contributed by atoms with Crippen molar-refractivity contribution >= 4 is 33.2 Å². The van der Waals surface area contributed by atoms with E-state index in [1.165, 1.54) is 12.1 Å². The molecule has 8 rings (SSSR count). The Kier molecular flexibility index (Phi) is 7.75. The second kappa shape index (κ2) is 12.1.